The quantitative estimate of drug-likeness (QED) is 0.630. The highest BCUT2D eigenvalue weighted by molar-refractivity contribution is 8.00. The summed E-state index contributed by atoms with van der Waals surface area (Å²) in [5.41, 5.74) is 1.56. The molecule has 0 saturated heterocycles. The number of rotatable bonds is 6. The van der Waals surface area contributed by atoms with Crippen molar-refractivity contribution in [2.24, 2.45) is 0 Å². The van der Waals surface area contributed by atoms with Crippen LogP contribution in [0.2, 0.25) is 0 Å². The summed E-state index contributed by atoms with van der Waals surface area (Å²) in [6.07, 6.45) is 2.17. The van der Waals surface area contributed by atoms with Gasteiger partial charge in [0, 0.05) is 18.5 Å². The number of esters is 1. The van der Waals surface area contributed by atoms with Gasteiger partial charge in [-0.25, -0.2) is 0 Å². The lowest BCUT2D eigenvalue weighted by Gasteiger charge is -2.13. The van der Waals surface area contributed by atoms with Crippen LogP contribution in [-0.2, 0) is 14.3 Å². The Bertz CT molecular complexity index is 801. The number of hydrogen-bond donors (Lipinski definition) is 1. The van der Waals surface area contributed by atoms with Gasteiger partial charge in [0.05, 0.1) is 12.8 Å². The minimum absolute atomic E-state index is 0.128. The number of nitrogens with one attached hydrogen (secondary N) is 1. The second-order valence-corrected chi connectivity index (χ2v) is 7.27. The number of nitrogens with zero attached hydrogens (tertiary/aromatic N) is 3. The van der Waals surface area contributed by atoms with Gasteiger partial charge in [0.25, 0.3) is 0 Å². The molecule has 1 fully saturated rings. The number of carbonyl (C=O) groups excluding carboxylic acids is 2. The fourth-order valence-corrected chi connectivity index (χ4v) is 3.41. The SMILES string of the molecule is COC(=O)C(C)Sc1nnc(C2CC2)n1-c1cccc(NC(C)=O)c1. The van der Waals surface area contributed by atoms with Gasteiger partial charge in [0.15, 0.2) is 5.16 Å². The van der Waals surface area contributed by atoms with Crippen LogP contribution < -0.4 is 5.32 Å². The third kappa shape index (κ3) is 4.01. The monoisotopic (exact) mass is 360 g/mol. The van der Waals surface area contributed by atoms with Gasteiger partial charge in [-0.1, -0.05) is 17.8 Å². The normalized spacial score (nSPS) is 14.8. The zero-order valence-electron chi connectivity index (χ0n) is 14.4. The minimum atomic E-state index is -0.390. The molecule has 1 heterocycles. The number of ether oxygens (including phenoxy) is 1. The van der Waals surface area contributed by atoms with Gasteiger partial charge in [-0.15, -0.1) is 10.2 Å². The van der Waals surface area contributed by atoms with Crippen LogP contribution in [0.4, 0.5) is 5.69 Å². The van der Waals surface area contributed by atoms with E-state index in [1.165, 1.54) is 25.8 Å². The van der Waals surface area contributed by atoms with Gasteiger partial charge in [0.2, 0.25) is 5.91 Å². The predicted molar refractivity (Wildman–Crippen MR) is 95.0 cm³/mol. The Balaban J connectivity index is 1.97. The maximum absolute atomic E-state index is 11.7. The number of benzene rings is 1. The first-order valence-electron chi connectivity index (χ1n) is 8.07. The molecule has 7 nitrogen and oxygen atoms in total. The van der Waals surface area contributed by atoms with E-state index in [-0.39, 0.29) is 11.9 Å². The Hall–Kier alpha value is -2.35. The third-order valence-electron chi connectivity index (χ3n) is 3.84. The lowest BCUT2D eigenvalue weighted by atomic mass is 10.2. The van der Waals surface area contributed by atoms with Crippen molar-refractivity contribution in [1.29, 1.82) is 0 Å². The van der Waals surface area contributed by atoms with E-state index in [0.717, 1.165) is 24.4 Å². The van der Waals surface area contributed by atoms with Gasteiger partial charge in [0.1, 0.15) is 11.1 Å². The summed E-state index contributed by atoms with van der Waals surface area (Å²) in [5.74, 6) is 0.844. The van der Waals surface area contributed by atoms with Crippen LogP contribution in [0.5, 0.6) is 0 Å². The van der Waals surface area contributed by atoms with Crippen LogP contribution in [0.1, 0.15) is 38.4 Å². The molecule has 1 atom stereocenters. The Morgan fingerprint density at radius 3 is 2.76 bits per heavy atom. The van der Waals surface area contributed by atoms with Crippen molar-refractivity contribution >= 4 is 29.3 Å². The van der Waals surface area contributed by atoms with E-state index in [2.05, 4.69) is 15.5 Å². The number of carbonyl (C=O) groups is 2. The van der Waals surface area contributed by atoms with Crippen LogP contribution in [-0.4, -0.2) is 39.0 Å². The molecule has 1 aliphatic carbocycles. The summed E-state index contributed by atoms with van der Waals surface area (Å²) >= 11 is 1.31. The molecule has 1 aliphatic rings. The first kappa shape index (κ1) is 17.5. The van der Waals surface area contributed by atoms with Crippen LogP contribution in [0.3, 0.4) is 0 Å². The molecule has 1 aromatic heterocycles. The molecule has 8 heteroatoms. The summed E-state index contributed by atoms with van der Waals surface area (Å²) in [6.45, 7) is 3.25. The highest BCUT2D eigenvalue weighted by Gasteiger charge is 2.32. The Kier molecular flexibility index (Phi) is 5.08. The van der Waals surface area contributed by atoms with Gasteiger partial charge >= 0.3 is 5.97 Å². The zero-order chi connectivity index (χ0) is 18.0. The van der Waals surface area contributed by atoms with Crippen molar-refractivity contribution in [3.05, 3.63) is 30.1 Å². The predicted octanol–water partition coefficient (Wildman–Crippen LogP) is 2.76. The Morgan fingerprint density at radius 2 is 2.12 bits per heavy atom. The topological polar surface area (TPSA) is 86.1 Å². The highest BCUT2D eigenvalue weighted by Crippen LogP contribution is 2.41. The van der Waals surface area contributed by atoms with Crippen LogP contribution in [0.25, 0.3) is 5.69 Å². The molecule has 2 aromatic rings. The molecule has 0 spiro atoms. The fraction of sp³-hybridized carbons (Fsp3) is 0.412. The van der Waals surface area contributed by atoms with Crippen molar-refractivity contribution < 1.29 is 14.3 Å². The van der Waals surface area contributed by atoms with E-state index in [1.807, 2.05) is 28.8 Å². The second-order valence-electron chi connectivity index (χ2n) is 5.97. The van der Waals surface area contributed by atoms with Crippen molar-refractivity contribution in [2.45, 2.75) is 43.0 Å². The average molecular weight is 360 g/mol. The average Bonchev–Trinajstić information content (AvgIpc) is 3.34. The lowest BCUT2D eigenvalue weighted by Crippen LogP contribution is -2.16. The van der Waals surface area contributed by atoms with Gasteiger partial charge in [-0.2, -0.15) is 0 Å². The summed E-state index contributed by atoms with van der Waals surface area (Å²) < 4.78 is 6.76. The van der Waals surface area contributed by atoms with Crippen molar-refractivity contribution in [3.8, 4) is 5.69 Å². The van der Waals surface area contributed by atoms with Crippen LogP contribution in [0, 0.1) is 0 Å². The van der Waals surface area contributed by atoms with Gasteiger partial charge < -0.3 is 10.1 Å². The molecular formula is C17H20N4O3S. The first-order chi connectivity index (χ1) is 12.0. The molecule has 1 N–H and O–H groups in total. The molecule has 0 radical (unpaired) electrons. The molecule has 0 aliphatic heterocycles. The van der Waals surface area contributed by atoms with E-state index < -0.39 is 5.25 Å². The van der Waals surface area contributed by atoms with E-state index in [1.54, 1.807) is 6.92 Å². The van der Waals surface area contributed by atoms with Crippen molar-refractivity contribution in [3.63, 3.8) is 0 Å². The number of methoxy groups -OCH3 is 1. The van der Waals surface area contributed by atoms with E-state index in [0.29, 0.717) is 16.8 Å². The molecule has 25 heavy (non-hydrogen) atoms. The van der Waals surface area contributed by atoms with Crippen LogP contribution in [0.15, 0.2) is 29.4 Å². The number of thioether (sulfide) groups is 1. The minimum Gasteiger partial charge on any atom is -0.468 e. The first-order valence-corrected chi connectivity index (χ1v) is 8.95. The molecule has 1 aromatic carbocycles. The van der Waals surface area contributed by atoms with E-state index in [9.17, 15) is 9.59 Å². The fourth-order valence-electron chi connectivity index (χ4n) is 2.50. The maximum atomic E-state index is 11.7. The number of amides is 1. The molecular weight excluding hydrogens is 340 g/mol. The highest BCUT2D eigenvalue weighted by atomic mass is 32.2. The summed E-state index contributed by atoms with van der Waals surface area (Å²) in [7, 11) is 1.37. The second kappa shape index (κ2) is 7.26. The Labute approximate surface area is 150 Å². The number of anilines is 1. The molecule has 1 saturated carbocycles. The largest absolute Gasteiger partial charge is 0.468 e. The summed E-state index contributed by atoms with van der Waals surface area (Å²) in [4.78, 5) is 23.1. The summed E-state index contributed by atoms with van der Waals surface area (Å²) in [6, 6.07) is 7.52. The lowest BCUT2D eigenvalue weighted by molar-refractivity contribution is -0.139. The molecule has 1 amide bonds. The number of aromatic nitrogens is 3. The molecule has 1 unspecified atom stereocenters. The van der Waals surface area contributed by atoms with Crippen LogP contribution >= 0.6 is 11.8 Å². The Morgan fingerprint density at radius 1 is 1.36 bits per heavy atom. The van der Waals surface area contributed by atoms with E-state index in [4.69, 9.17) is 4.74 Å². The summed E-state index contributed by atoms with van der Waals surface area (Å²) in [5, 5.41) is 11.7. The third-order valence-corrected chi connectivity index (χ3v) is 4.86. The molecule has 0 bridgehead atoms. The smallest absolute Gasteiger partial charge is 0.318 e. The maximum Gasteiger partial charge on any atom is 0.318 e. The van der Waals surface area contributed by atoms with E-state index >= 15 is 0 Å². The molecule has 132 valence electrons. The number of hydrogen-bond acceptors (Lipinski definition) is 6. The van der Waals surface area contributed by atoms with Gasteiger partial charge in [-0.3, -0.25) is 14.2 Å². The van der Waals surface area contributed by atoms with Crippen molar-refractivity contribution in [1.82, 2.24) is 14.8 Å². The standard InChI is InChI=1S/C17H20N4O3S/c1-10(16(23)24-3)25-17-20-19-15(12-7-8-12)21(17)14-6-4-5-13(9-14)18-11(2)22/h4-6,9-10,12H,7-8H2,1-3H3,(H,18,22). The zero-order valence-corrected chi connectivity index (χ0v) is 15.2. The van der Waals surface area contributed by atoms with Gasteiger partial charge in [-0.05, 0) is 38.0 Å². The molecule has 3 rings (SSSR count). The van der Waals surface area contributed by atoms with Crippen molar-refractivity contribution in [2.75, 3.05) is 12.4 Å².